The smallest absolute Gasteiger partial charge is 0.255 e. The summed E-state index contributed by atoms with van der Waals surface area (Å²) >= 11 is 0. The van der Waals surface area contributed by atoms with Gasteiger partial charge in [-0.2, -0.15) is 0 Å². The van der Waals surface area contributed by atoms with E-state index in [-0.39, 0.29) is 12.5 Å². The summed E-state index contributed by atoms with van der Waals surface area (Å²) < 4.78 is 7.37. The highest BCUT2D eigenvalue weighted by atomic mass is 16.5. The molecule has 0 fully saturated rings. The predicted octanol–water partition coefficient (Wildman–Crippen LogP) is 2.83. The molecule has 7 heteroatoms. The van der Waals surface area contributed by atoms with Gasteiger partial charge in [-0.05, 0) is 60.2 Å². The average molecular weight is 337 g/mol. The number of benzene rings is 2. The van der Waals surface area contributed by atoms with Crippen molar-refractivity contribution in [2.45, 2.75) is 27.0 Å². The summed E-state index contributed by atoms with van der Waals surface area (Å²) in [6, 6.07) is 14.7. The fraction of sp³-hybridized carbons (Fsp3) is 0.222. The Hall–Kier alpha value is -3.22. The molecule has 0 spiro atoms. The van der Waals surface area contributed by atoms with Crippen molar-refractivity contribution in [3.05, 3.63) is 65.5 Å². The lowest BCUT2D eigenvalue weighted by molar-refractivity contribution is 0.102. The lowest BCUT2D eigenvalue weighted by atomic mass is 10.2. The minimum atomic E-state index is -0.186. The van der Waals surface area contributed by atoms with E-state index in [1.165, 1.54) is 0 Å². The standard InChI is InChI=1S/C18H19N5O2/c1-3-23-17(20-21-22-23)12-25-16-9-5-7-14(11-16)18(24)19-15-8-4-6-13(2)10-15/h4-11H,3,12H2,1-2H3,(H,19,24). The van der Waals surface area contributed by atoms with Crippen LogP contribution in [0.5, 0.6) is 5.75 Å². The highest BCUT2D eigenvalue weighted by molar-refractivity contribution is 6.04. The highest BCUT2D eigenvalue weighted by Gasteiger charge is 2.09. The molecule has 0 saturated heterocycles. The largest absolute Gasteiger partial charge is 0.486 e. The fourth-order valence-corrected chi connectivity index (χ4v) is 2.37. The maximum Gasteiger partial charge on any atom is 0.255 e. The van der Waals surface area contributed by atoms with Gasteiger partial charge in [0.1, 0.15) is 12.4 Å². The molecule has 0 aliphatic heterocycles. The molecule has 0 atom stereocenters. The molecule has 3 aromatic rings. The number of nitrogens with zero attached hydrogens (tertiary/aromatic N) is 4. The normalized spacial score (nSPS) is 10.5. The van der Waals surface area contributed by atoms with Crippen molar-refractivity contribution in [2.75, 3.05) is 5.32 Å². The Bertz CT molecular complexity index is 875. The molecular formula is C18H19N5O2. The van der Waals surface area contributed by atoms with Crippen molar-refractivity contribution in [2.24, 2.45) is 0 Å². The van der Waals surface area contributed by atoms with Gasteiger partial charge in [-0.3, -0.25) is 4.79 Å². The first kappa shape index (κ1) is 16.6. The van der Waals surface area contributed by atoms with E-state index in [4.69, 9.17) is 4.74 Å². The van der Waals surface area contributed by atoms with Crippen LogP contribution in [-0.2, 0) is 13.2 Å². The molecule has 0 aliphatic carbocycles. The number of amides is 1. The maximum absolute atomic E-state index is 12.4. The van der Waals surface area contributed by atoms with Crippen molar-refractivity contribution in [3.8, 4) is 5.75 Å². The summed E-state index contributed by atoms with van der Waals surface area (Å²) in [6.07, 6.45) is 0. The zero-order valence-electron chi connectivity index (χ0n) is 14.1. The van der Waals surface area contributed by atoms with Gasteiger partial charge in [-0.1, -0.05) is 18.2 Å². The molecule has 1 N–H and O–H groups in total. The number of aromatic nitrogens is 4. The van der Waals surface area contributed by atoms with E-state index < -0.39 is 0 Å². The van der Waals surface area contributed by atoms with E-state index in [1.54, 1.807) is 28.9 Å². The zero-order valence-corrected chi connectivity index (χ0v) is 14.1. The minimum Gasteiger partial charge on any atom is -0.486 e. The summed E-state index contributed by atoms with van der Waals surface area (Å²) in [5.41, 5.74) is 2.37. The van der Waals surface area contributed by atoms with Crippen molar-refractivity contribution in [1.29, 1.82) is 0 Å². The molecule has 25 heavy (non-hydrogen) atoms. The molecule has 0 aliphatic rings. The van der Waals surface area contributed by atoms with Crippen molar-refractivity contribution >= 4 is 11.6 Å². The quantitative estimate of drug-likeness (QED) is 0.748. The first-order valence-electron chi connectivity index (χ1n) is 8.01. The molecule has 128 valence electrons. The van der Waals surface area contributed by atoms with Crippen molar-refractivity contribution in [1.82, 2.24) is 20.2 Å². The number of ether oxygens (including phenoxy) is 1. The number of tetrazole rings is 1. The van der Waals surface area contributed by atoms with Gasteiger partial charge in [0, 0.05) is 17.8 Å². The average Bonchev–Trinajstić information content (AvgIpc) is 3.08. The fourth-order valence-electron chi connectivity index (χ4n) is 2.37. The molecular weight excluding hydrogens is 318 g/mol. The van der Waals surface area contributed by atoms with Crippen LogP contribution >= 0.6 is 0 Å². The van der Waals surface area contributed by atoms with E-state index in [0.717, 1.165) is 11.3 Å². The lowest BCUT2D eigenvalue weighted by Crippen LogP contribution is -2.12. The van der Waals surface area contributed by atoms with Crippen LogP contribution in [-0.4, -0.2) is 26.1 Å². The van der Waals surface area contributed by atoms with E-state index >= 15 is 0 Å². The number of nitrogens with one attached hydrogen (secondary N) is 1. The van der Waals surface area contributed by atoms with Gasteiger partial charge < -0.3 is 10.1 Å². The molecule has 0 unspecified atom stereocenters. The predicted molar refractivity (Wildman–Crippen MR) is 93.4 cm³/mol. The van der Waals surface area contributed by atoms with Crippen molar-refractivity contribution < 1.29 is 9.53 Å². The van der Waals surface area contributed by atoms with Crippen LogP contribution in [0.3, 0.4) is 0 Å². The summed E-state index contributed by atoms with van der Waals surface area (Å²) in [4.78, 5) is 12.4. The van der Waals surface area contributed by atoms with Crippen LogP contribution in [0.1, 0.15) is 28.7 Å². The zero-order chi connectivity index (χ0) is 17.6. The Balaban J connectivity index is 1.67. The first-order valence-corrected chi connectivity index (χ1v) is 8.01. The number of rotatable bonds is 6. The van der Waals surface area contributed by atoms with Gasteiger partial charge in [0.15, 0.2) is 5.82 Å². The topological polar surface area (TPSA) is 81.9 Å². The SMILES string of the molecule is CCn1nnnc1COc1cccc(C(=O)Nc2cccc(C)c2)c1. The highest BCUT2D eigenvalue weighted by Crippen LogP contribution is 2.17. The Morgan fingerprint density at radius 1 is 1.20 bits per heavy atom. The summed E-state index contributed by atoms with van der Waals surface area (Å²) in [5.74, 6) is 1.04. The summed E-state index contributed by atoms with van der Waals surface area (Å²) in [5, 5.41) is 14.3. The van der Waals surface area contributed by atoms with E-state index in [0.29, 0.717) is 23.7 Å². The third-order valence-corrected chi connectivity index (χ3v) is 3.65. The van der Waals surface area contributed by atoms with E-state index in [9.17, 15) is 4.79 Å². The Morgan fingerprint density at radius 2 is 2.04 bits per heavy atom. The van der Waals surface area contributed by atoms with Crippen LogP contribution in [0.25, 0.3) is 0 Å². The number of carbonyl (C=O) groups is 1. The van der Waals surface area contributed by atoms with Gasteiger partial charge in [0.05, 0.1) is 0 Å². The number of anilines is 1. The lowest BCUT2D eigenvalue weighted by Gasteiger charge is -2.09. The molecule has 0 radical (unpaired) electrons. The number of carbonyl (C=O) groups excluding carboxylic acids is 1. The maximum atomic E-state index is 12.4. The molecule has 0 bridgehead atoms. The second-order valence-electron chi connectivity index (χ2n) is 5.55. The third kappa shape index (κ3) is 4.20. The van der Waals surface area contributed by atoms with Crippen LogP contribution in [0.15, 0.2) is 48.5 Å². The number of hydrogen-bond acceptors (Lipinski definition) is 5. The second kappa shape index (κ2) is 7.57. The molecule has 0 saturated carbocycles. The molecule has 2 aromatic carbocycles. The Kier molecular flexibility index (Phi) is 5.03. The van der Waals surface area contributed by atoms with Gasteiger partial charge in [0.2, 0.25) is 0 Å². The van der Waals surface area contributed by atoms with Crippen LogP contribution in [0, 0.1) is 6.92 Å². The molecule has 1 heterocycles. The number of aryl methyl sites for hydroxylation is 2. The first-order chi connectivity index (χ1) is 12.2. The monoisotopic (exact) mass is 337 g/mol. The Morgan fingerprint density at radius 3 is 2.84 bits per heavy atom. The van der Waals surface area contributed by atoms with E-state index in [2.05, 4.69) is 20.8 Å². The van der Waals surface area contributed by atoms with Gasteiger partial charge in [0.25, 0.3) is 5.91 Å². The molecule has 1 amide bonds. The van der Waals surface area contributed by atoms with E-state index in [1.807, 2.05) is 38.1 Å². The summed E-state index contributed by atoms with van der Waals surface area (Å²) in [7, 11) is 0. The second-order valence-corrected chi connectivity index (χ2v) is 5.55. The molecule has 7 nitrogen and oxygen atoms in total. The van der Waals surface area contributed by atoms with Gasteiger partial charge in [-0.25, -0.2) is 4.68 Å². The molecule has 3 rings (SSSR count). The van der Waals surface area contributed by atoms with Crippen LogP contribution < -0.4 is 10.1 Å². The minimum absolute atomic E-state index is 0.186. The van der Waals surface area contributed by atoms with Gasteiger partial charge in [-0.15, -0.1) is 5.10 Å². The van der Waals surface area contributed by atoms with Gasteiger partial charge >= 0.3 is 0 Å². The van der Waals surface area contributed by atoms with Crippen LogP contribution in [0.4, 0.5) is 5.69 Å². The van der Waals surface area contributed by atoms with Crippen LogP contribution in [0.2, 0.25) is 0 Å². The molecule has 1 aromatic heterocycles. The van der Waals surface area contributed by atoms with Crippen molar-refractivity contribution in [3.63, 3.8) is 0 Å². The Labute approximate surface area is 145 Å². The number of hydrogen-bond donors (Lipinski definition) is 1. The third-order valence-electron chi connectivity index (χ3n) is 3.65. The summed E-state index contributed by atoms with van der Waals surface area (Å²) in [6.45, 7) is 4.85.